The molecule has 5 aromatic rings. The molecule has 0 amide bonds. The van der Waals surface area contributed by atoms with E-state index in [-0.39, 0.29) is 10.7 Å². The molecule has 2 N–H and O–H groups in total. The number of rotatable bonds is 8. The second-order valence-electron chi connectivity index (χ2n) is 8.47. The lowest BCUT2D eigenvalue weighted by Gasteiger charge is -2.10. The molecule has 0 aliphatic carbocycles. The summed E-state index contributed by atoms with van der Waals surface area (Å²) in [6.45, 7) is 0.921. The number of nitrogens with one attached hydrogen (secondary N) is 2. The molecule has 0 spiro atoms. The zero-order chi connectivity index (χ0) is 25.3. The summed E-state index contributed by atoms with van der Waals surface area (Å²) in [6, 6.07) is 13.6. The van der Waals surface area contributed by atoms with Crippen LogP contribution in [0.4, 0.5) is 4.39 Å². The van der Waals surface area contributed by atoms with Gasteiger partial charge in [-0.15, -0.1) is 11.3 Å². The van der Waals surface area contributed by atoms with Gasteiger partial charge in [0.15, 0.2) is 0 Å². The van der Waals surface area contributed by atoms with Crippen LogP contribution in [0.1, 0.15) is 0 Å². The van der Waals surface area contributed by atoms with Crippen molar-refractivity contribution in [2.75, 3.05) is 27.2 Å². The zero-order valence-electron chi connectivity index (χ0n) is 19.6. The molecule has 3 aromatic heterocycles. The summed E-state index contributed by atoms with van der Waals surface area (Å²) in [5.74, 6) is -0.308. The van der Waals surface area contributed by atoms with E-state index in [1.807, 2.05) is 37.2 Å². The Kier molecular flexibility index (Phi) is 6.63. The first-order valence-corrected chi connectivity index (χ1v) is 13.5. The lowest BCUT2D eigenvalue weighted by molar-refractivity contribution is 0.412. The molecule has 0 fully saturated rings. The fourth-order valence-electron chi connectivity index (χ4n) is 3.83. The number of sulfonamides is 1. The van der Waals surface area contributed by atoms with Crippen molar-refractivity contribution in [1.29, 1.82) is 0 Å². The molecule has 36 heavy (non-hydrogen) atoms. The van der Waals surface area contributed by atoms with Crippen LogP contribution in [0.25, 0.3) is 43.9 Å². The van der Waals surface area contributed by atoms with E-state index in [4.69, 9.17) is 0 Å². The third-order valence-electron chi connectivity index (χ3n) is 5.69. The summed E-state index contributed by atoms with van der Waals surface area (Å²) in [6.07, 6.45) is 3.20. The van der Waals surface area contributed by atoms with Gasteiger partial charge in [-0.25, -0.2) is 27.5 Å². The number of H-pyrrole nitrogens is 1. The minimum atomic E-state index is -3.63. The molecule has 0 bridgehead atoms. The number of halogens is 1. The SMILES string of the molecule is CN(C)CCNS(=O)(=O)c1csc(-c2ncnc3ccc(-c4cn[nH]c4-c4ccc(F)cc4)cc23)c1. The van der Waals surface area contributed by atoms with Crippen molar-refractivity contribution in [3.05, 3.63) is 72.3 Å². The Morgan fingerprint density at radius 2 is 1.83 bits per heavy atom. The fraction of sp³-hybridized carbons (Fsp3) is 0.160. The van der Waals surface area contributed by atoms with E-state index in [1.165, 1.54) is 29.8 Å². The summed E-state index contributed by atoms with van der Waals surface area (Å²) in [5, 5.41) is 9.60. The molecule has 184 valence electrons. The summed E-state index contributed by atoms with van der Waals surface area (Å²) in [4.78, 5) is 11.7. The molecular formula is C25H23FN6O2S2. The largest absolute Gasteiger partial charge is 0.308 e. The summed E-state index contributed by atoms with van der Waals surface area (Å²) in [7, 11) is 0.145. The highest BCUT2D eigenvalue weighted by Gasteiger charge is 2.19. The van der Waals surface area contributed by atoms with Gasteiger partial charge < -0.3 is 4.90 Å². The van der Waals surface area contributed by atoms with Gasteiger partial charge in [0.05, 0.1) is 32.9 Å². The molecule has 0 unspecified atom stereocenters. The molecule has 0 saturated heterocycles. The predicted octanol–water partition coefficient (Wildman–Crippen LogP) is 4.39. The monoisotopic (exact) mass is 522 g/mol. The van der Waals surface area contributed by atoms with Crippen molar-refractivity contribution in [3.8, 4) is 33.0 Å². The van der Waals surface area contributed by atoms with Crippen LogP contribution in [-0.2, 0) is 10.0 Å². The normalized spacial score (nSPS) is 12.0. The molecule has 0 saturated carbocycles. The van der Waals surface area contributed by atoms with E-state index in [1.54, 1.807) is 29.8 Å². The topological polar surface area (TPSA) is 104 Å². The highest BCUT2D eigenvalue weighted by atomic mass is 32.2. The fourth-order valence-corrected chi connectivity index (χ4v) is 6.14. The van der Waals surface area contributed by atoms with Gasteiger partial charge in [-0.05, 0) is 62.1 Å². The van der Waals surface area contributed by atoms with Crippen LogP contribution < -0.4 is 4.72 Å². The van der Waals surface area contributed by atoms with Crippen LogP contribution >= 0.6 is 11.3 Å². The van der Waals surface area contributed by atoms with Crippen LogP contribution in [0.5, 0.6) is 0 Å². The number of fused-ring (bicyclic) bond motifs is 1. The number of aromatic nitrogens is 4. The number of hydrogen-bond acceptors (Lipinski definition) is 7. The van der Waals surface area contributed by atoms with Crippen LogP contribution in [-0.4, -0.2) is 60.7 Å². The Labute approximate surface area is 211 Å². The van der Waals surface area contributed by atoms with Crippen molar-refractivity contribution in [1.82, 2.24) is 29.8 Å². The molecule has 11 heteroatoms. The maximum atomic E-state index is 13.4. The van der Waals surface area contributed by atoms with E-state index in [0.29, 0.717) is 18.8 Å². The first-order chi connectivity index (χ1) is 17.3. The average Bonchev–Trinajstić information content (AvgIpc) is 3.54. The van der Waals surface area contributed by atoms with Crippen LogP contribution in [0, 0.1) is 5.82 Å². The van der Waals surface area contributed by atoms with Gasteiger partial charge in [-0.1, -0.05) is 6.07 Å². The molecule has 0 aliphatic rings. The number of thiophene rings is 1. The number of likely N-dealkylation sites (N-methyl/N-ethyl adjacent to an activating group) is 1. The van der Waals surface area contributed by atoms with Crippen LogP contribution in [0.2, 0.25) is 0 Å². The van der Waals surface area contributed by atoms with Gasteiger partial charge in [0.25, 0.3) is 0 Å². The van der Waals surface area contributed by atoms with Gasteiger partial charge in [-0.3, -0.25) is 5.10 Å². The molecule has 8 nitrogen and oxygen atoms in total. The van der Waals surface area contributed by atoms with Gasteiger partial charge in [0.1, 0.15) is 12.1 Å². The smallest absolute Gasteiger partial charge is 0.241 e. The molecule has 0 aliphatic heterocycles. The molecule has 2 aromatic carbocycles. The number of nitrogens with zero attached hydrogens (tertiary/aromatic N) is 4. The summed E-state index contributed by atoms with van der Waals surface area (Å²) < 4.78 is 41.5. The van der Waals surface area contributed by atoms with E-state index < -0.39 is 10.0 Å². The van der Waals surface area contributed by atoms with Gasteiger partial charge >= 0.3 is 0 Å². The quantitative estimate of drug-likeness (QED) is 0.313. The minimum absolute atomic E-state index is 0.206. The summed E-state index contributed by atoms with van der Waals surface area (Å²) in [5.41, 5.74) is 4.68. The highest BCUT2D eigenvalue weighted by molar-refractivity contribution is 7.89. The van der Waals surface area contributed by atoms with E-state index in [2.05, 4.69) is 24.9 Å². The molecular weight excluding hydrogens is 499 g/mol. The van der Waals surface area contributed by atoms with Crippen molar-refractivity contribution < 1.29 is 12.8 Å². The molecule has 5 rings (SSSR count). The van der Waals surface area contributed by atoms with Crippen molar-refractivity contribution in [2.45, 2.75) is 4.90 Å². The third kappa shape index (κ3) is 4.91. The van der Waals surface area contributed by atoms with Crippen LogP contribution in [0.3, 0.4) is 0 Å². The Balaban J connectivity index is 1.52. The van der Waals surface area contributed by atoms with Crippen LogP contribution in [0.15, 0.2) is 71.3 Å². The Bertz CT molecular complexity index is 1630. The second-order valence-corrected chi connectivity index (χ2v) is 11.1. The van der Waals surface area contributed by atoms with Crippen molar-refractivity contribution >= 4 is 32.3 Å². The van der Waals surface area contributed by atoms with E-state index in [9.17, 15) is 12.8 Å². The lowest BCUT2D eigenvalue weighted by atomic mass is 9.99. The van der Waals surface area contributed by atoms with Gasteiger partial charge in [0, 0.05) is 35.0 Å². The maximum Gasteiger partial charge on any atom is 0.241 e. The maximum absolute atomic E-state index is 13.4. The second kappa shape index (κ2) is 9.86. The Hall–Kier alpha value is -3.51. The van der Waals surface area contributed by atoms with Crippen molar-refractivity contribution in [2.24, 2.45) is 0 Å². The molecule has 0 radical (unpaired) electrons. The lowest BCUT2D eigenvalue weighted by Crippen LogP contribution is -2.31. The number of aromatic amines is 1. The van der Waals surface area contributed by atoms with E-state index >= 15 is 0 Å². The van der Waals surface area contributed by atoms with Crippen molar-refractivity contribution in [3.63, 3.8) is 0 Å². The predicted molar refractivity (Wildman–Crippen MR) is 140 cm³/mol. The highest BCUT2D eigenvalue weighted by Crippen LogP contribution is 2.36. The van der Waals surface area contributed by atoms with Gasteiger partial charge in [0.2, 0.25) is 10.0 Å². The first-order valence-electron chi connectivity index (χ1n) is 11.1. The number of hydrogen-bond donors (Lipinski definition) is 2. The average molecular weight is 523 g/mol. The molecule has 0 atom stereocenters. The first kappa shape index (κ1) is 24.2. The number of benzene rings is 2. The Morgan fingerprint density at radius 1 is 1.06 bits per heavy atom. The Morgan fingerprint density at radius 3 is 2.61 bits per heavy atom. The minimum Gasteiger partial charge on any atom is -0.308 e. The zero-order valence-corrected chi connectivity index (χ0v) is 21.2. The van der Waals surface area contributed by atoms with Gasteiger partial charge in [-0.2, -0.15) is 5.10 Å². The molecule has 3 heterocycles. The standard InChI is InChI=1S/C25H23FN6O2S2/c1-32(2)10-9-30-36(33,34)19-12-23(35-14-19)25-20-11-17(5-8-22(20)27-15-28-25)21-13-29-31-24(21)16-3-6-18(26)7-4-16/h3-8,11-15,30H,9-10H2,1-2H3,(H,29,31). The summed E-state index contributed by atoms with van der Waals surface area (Å²) >= 11 is 1.31. The third-order valence-corrected chi connectivity index (χ3v) is 8.22. The van der Waals surface area contributed by atoms with E-state index in [0.717, 1.165) is 38.2 Å².